The first-order valence-corrected chi connectivity index (χ1v) is 6.66. The summed E-state index contributed by atoms with van der Waals surface area (Å²) in [5.74, 6) is 1.42. The van der Waals surface area contributed by atoms with Gasteiger partial charge in [0.2, 0.25) is 5.88 Å². The van der Waals surface area contributed by atoms with Crippen molar-refractivity contribution in [3.63, 3.8) is 0 Å². The second kappa shape index (κ2) is 6.16. The zero-order valence-corrected chi connectivity index (χ0v) is 11.3. The first-order chi connectivity index (χ1) is 8.70. The number of aromatic nitrogens is 1. The maximum absolute atomic E-state index is 5.96. The molecule has 0 bridgehead atoms. The van der Waals surface area contributed by atoms with Crippen molar-refractivity contribution in [3.05, 3.63) is 23.9 Å². The molecule has 0 spiro atoms. The molecule has 0 aliphatic carbocycles. The molecule has 1 atom stereocenters. The second-order valence-electron chi connectivity index (χ2n) is 5.14. The molecule has 0 saturated carbocycles. The fraction of sp³-hybridized carbons (Fsp3) is 0.643. The van der Waals surface area contributed by atoms with E-state index in [0.717, 1.165) is 25.5 Å². The first-order valence-electron chi connectivity index (χ1n) is 6.66. The predicted octanol–water partition coefficient (Wildman–Crippen LogP) is 1.65. The van der Waals surface area contributed by atoms with Crippen LogP contribution < -0.4 is 10.5 Å². The van der Waals surface area contributed by atoms with Gasteiger partial charge < -0.3 is 10.5 Å². The number of likely N-dealkylation sites (tertiary alicyclic amines) is 1. The summed E-state index contributed by atoms with van der Waals surface area (Å²) in [5, 5.41) is 0. The zero-order chi connectivity index (χ0) is 13.0. The van der Waals surface area contributed by atoms with Gasteiger partial charge in [0.05, 0.1) is 7.11 Å². The number of ether oxygens (including phenoxy) is 1. The van der Waals surface area contributed by atoms with Crippen molar-refractivity contribution in [1.82, 2.24) is 9.88 Å². The van der Waals surface area contributed by atoms with Crippen molar-refractivity contribution in [2.24, 2.45) is 11.7 Å². The van der Waals surface area contributed by atoms with Crippen LogP contribution in [-0.2, 0) is 6.54 Å². The molecule has 100 valence electrons. The predicted molar refractivity (Wildman–Crippen MR) is 72.4 cm³/mol. The third-order valence-corrected chi connectivity index (χ3v) is 3.81. The average Bonchev–Trinajstić information content (AvgIpc) is 2.40. The van der Waals surface area contributed by atoms with Gasteiger partial charge in [0, 0.05) is 24.3 Å². The molecule has 1 aromatic rings. The van der Waals surface area contributed by atoms with E-state index in [0.29, 0.717) is 12.0 Å². The highest BCUT2D eigenvalue weighted by molar-refractivity contribution is 5.25. The first kappa shape index (κ1) is 13.3. The van der Waals surface area contributed by atoms with Crippen LogP contribution in [0.25, 0.3) is 0 Å². The van der Waals surface area contributed by atoms with E-state index in [-0.39, 0.29) is 0 Å². The molecule has 0 aromatic carbocycles. The molecule has 4 heteroatoms. The largest absolute Gasteiger partial charge is 0.481 e. The Hall–Kier alpha value is -1.13. The highest BCUT2D eigenvalue weighted by Gasteiger charge is 2.22. The lowest BCUT2D eigenvalue weighted by atomic mass is 9.91. The highest BCUT2D eigenvalue weighted by Crippen LogP contribution is 2.23. The SMILES string of the molecule is COc1ncccc1CN1CCC(C(C)N)CC1. The lowest BCUT2D eigenvalue weighted by molar-refractivity contribution is 0.164. The molecular weight excluding hydrogens is 226 g/mol. The highest BCUT2D eigenvalue weighted by atomic mass is 16.5. The Morgan fingerprint density at radius 2 is 2.22 bits per heavy atom. The quantitative estimate of drug-likeness (QED) is 0.881. The normalized spacial score (nSPS) is 19.7. The maximum atomic E-state index is 5.96. The lowest BCUT2D eigenvalue weighted by Gasteiger charge is -2.33. The number of rotatable bonds is 4. The van der Waals surface area contributed by atoms with Gasteiger partial charge in [0.25, 0.3) is 0 Å². The third-order valence-electron chi connectivity index (χ3n) is 3.81. The van der Waals surface area contributed by atoms with Gasteiger partial charge in [-0.2, -0.15) is 0 Å². The van der Waals surface area contributed by atoms with Crippen LogP contribution in [0.5, 0.6) is 5.88 Å². The number of pyridine rings is 1. The van der Waals surface area contributed by atoms with E-state index in [4.69, 9.17) is 10.5 Å². The summed E-state index contributed by atoms with van der Waals surface area (Å²) >= 11 is 0. The molecule has 1 unspecified atom stereocenters. The summed E-state index contributed by atoms with van der Waals surface area (Å²) in [4.78, 5) is 6.69. The lowest BCUT2D eigenvalue weighted by Crippen LogP contribution is -2.39. The van der Waals surface area contributed by atoms with Crippen molar-refractivity contribution in [2.45, 2.75) is 32.4 Å². The van der Waals surface area contributed by atoms with E-state index >= 15 is 0 Å². The molecule has 1 saturated heterocycles. The Balaban J connectivity index is 1.91. The Morgan fingerprint density at radius 3 is 2.83 bits per heavy atom. The van der Waals surface area contributed by atoms with E-state index in [9.17, 15) is 0 Å². The fourth-order valence-corrected chi connectivity index (χ4v) is 2.61. The molecule has 2 N–H and O–H groups in total. The van der Waals surface area contributed by atoms with Crippen LogP contribution in [0.15, 0.2) is 18.3 Å². The number of piperidine rings is 1. The molecule has 2 rings (SSSR count). The Bertz CT molecular complexity index is 373. The maximum Gasteiger partial charge on any atom is 0.217 e. The van der Waals surface area contributed by atoms with Gasteiger partial charge in [-0.1, -0.05) is 6.07 Å². The fourth-order valence-electron chi connectivity index (χ4n) is 2.61. The van der Waals surface area contributed by atoms with Crippen LogP contribution in [0.4, 0.5) is 0 Å². The van der Waals surface area contributed by atoms with Gasteiger partial charge in [-0.15, -0.1) is 0 Å². The number of nitrogens with zero attached hydrogens (tertiary/aromatic N) is 2. The van der Waals surface area contributed by atoms with Crippen molar-refractivity contribution in [1.29, 1.82) is 0 Å². The molecule has 0 radical (unpaired) electrons. The molecule has 4 nitrogen and oxygen atoms in total. The second-order valence-corrected chi connectivity index (χ2v) is 5.14. The summed E-state index contributed by atoms with van der Waals surface area (Å²) in [6.07, 6.45) is 4.16. The molecule has 18 heavy (non-hydrogen) atoms. The molecule has 0 amide bonds. The van der Waals surface area contributed by atoms with E-state index in [1.54, 1.807) is 13.3 Å². The van der Waals surface area contributed by atoms with Crippen LogP contribution in [0.1, 0.15) is 25.3 Å². The standard InChI is InChI=1S/C14H23N3O/c1-11(15)12-5-8-17(9-6-12)10-13-4-3-7-16-14(13)18-2/h3-4,7,11-12H,5-6,8-10,15H2,1-2H3. The molecule has 1 fully saturated rings. The Labute approximate surface area is 109 Å². The van der Waals surface area contributed by atoms with Crippen molar-refractivity contribution < 1.29 is 4.74 Å². The molecular formula is C14H23N3O. The third kappa shape index (κ3) is 3.21. The zero-order valence-electron chi connectivity index (χ0n) is 11.3. The topological polar surface area (TPSA) is 51.4 Å². The average molecular weight is 249 g/mol. The van der Waals surface area contributed by atoms with E-state index in [1.165, 1.54) is 18.4 Å². The van der Waals surface area contributed by atoms with Crippen molar-refractivity contribution >= 4 is 0 Å². The van der Waals surface area contributed by atoms with Crippen LogP contribution in [0.3, 0.4) is 0 Å². The van der Waals surface area contributed by atoms with Gasteiger partial charge in [-0.3, -0.25) is 4.90 Å². The van der Waals surface area contributed by atoms with Crippen molar-refractivity contribution in [3.8, 4) is 5.88 Å². The minimum atomic E-state index is 0.320. The van der Waals surface area contributed by atoms with Gasteiger partial charge in [0.1, 0.15) is 0 Å². The van der Waals surface area contributed by atoms with E-state index < -0.39 is 0 Å². The summed E-state index contributed by atoms with van der Waals surface area (Å²) in [6, 6.07) is 4.37. The summed E-state index contributed by atoms with van der Waals surface area (Å²) < 4.78 is 5.29. The Kier molecular flexibility index (Phi) is 4.55. The summed E-state index contributed by atoms with van der Waals surface area (Å²) in [7, 11) is 1.67. The smallest absolute Gasteiger partial charge is 0.217 e. The number of hydrogen-bond donors (Lipinski definition) is 1. The molecule has 2 heterocycles. The van der Waals surface area contributed by atoms with E-state index in [2.05, 4.69) is 22.9 Å². The van der Waals surface area contributed by atoms with Crippen LogP contribution in [0, 0.1) is 5.92 Å². The monoisotopic (exact) mass is 249 g/mol. The minimum absolute atomic E-state index is 0.320. The van der Waals surface area contributed by atoms with Crippen LogP contribution >= 0.6 is 0 Å². The van der Waals surface area contributed by atoms with Gasteiger partial charge >= 0.3 is 0 Å². The number of nitrogens with two attached hydrogens (primary N) is 1. The summed E-state index contributed by atoms with van der Waals surface area (Å²) in [5.41, 5.74) is 7.13. The molecule has 1 aliphatic rings. The van der Waals surface area contributed by atoms with Crippen LogP contribution in [-0.4, -0.2) is 36.1 Å². The Morgan fingerprint density at radius 1 is 1.50 bits per heavy atom. The van der Waals surface area contributed by atoms with Crippen LogP contribution in [0.2, 0.25) is 0 Å². The summed E-state index contributed by atoms with van der Waals surface area (Å²) in [6.45, 7) is 5.27. The van der Waals surface area contributed by atoms with E-state index in [1.807, 2.05) is 6.07 Å². The van der Waals surface area contributed by atoms with Gasteiger partial charge in [-0.05, 0) is 44.8 Å². The van der Waals surface area contributed by atoms with Crippen molar-refractivity contribution in [2.75, 3.05) is 20.2 Å². The minimum Gasteiger partial charge on any atom is -0.481 e. The number of methoxy groups -OCH3 is 1. The van der Waals surface area contributed by atoms with Gasteiger partial charge in [-0.25, -0.2) is 4.98 Å². The molecule has 1 aliphatic heterocycles. The molecule has 1 aromatic heterocycles. The van der Waals surface area contributed by atoms with Gasteiger partial charge in [0.15, 0.2) is 0 Å². The number of hydrogen-bond acceptors (Lipinski definition) is 4.